The van der Waals surface area contributed by atoms with Crippen molar-refractivity contribution in [3.05, 3.63) is 48.0 Å². The molecule has 0 saturated carbocycles. The summed E-state index contributed by atoms with van der Waals surface area (Å²) in [7, 11) is 3.11. The van der Waals surface area contributed by atoms with Crippen molar-refractivity contribution < 1.29 is 23.8 Å². The fourth-order valence-electron chi connectivity index (χ4n) is 4.70. The molecular weight excluding hydrogens is 434 g/mol. The van der Waals surface area contributed by atoms with Gasteiger partial charge in [-0.2, -0.15) is 0 Å². The summed E-state index contributed by atoms with van der Waals surface area (Å²) in [6, 6.07) is 12.5. The number of aromatic nitrogens is 2. The molecule has 0 N–H and O–H groups in total. The highest BCUT2D eigenvalue weighted by molar-refractivity contribution is 6.08. The first kappa shape index (κ1) is 23.6. The molecule has 2 aromatic carbocycles. The van der Waals surface area contributed by atoms with Gasteiger partial charge in [-0.05, 0) is 31.5 Å². The molecular formula is C26H31N3O5. The molecule has 3 aromatic rings. The van der Waals surface area contributed by atoms with Gasteiger partial charge in [-0.15, -0.1) is 0 Å². The lowest BCUT2D eigenvalue weighted by molar-refractivity contribution is -0.153. The lowest BCUT2D eigenvalue weighted by atomic mass is 9.88. The first-order valence-corrected chi connectivity index (χ1v) is 11.7. The van der Waals surface area contributed by atoms with Crippen LogP contribution in [0.2, 0.25) is 0 Å². The summed E-state index contributed by atoms with van der Waals surface area (Å²) in [5, 5.41) is 0. The van der Waals surface area contributed by atoms with Gasteiger partial charge >= 0.3 is 5.97 Å². The number of para-hydroxylation sites is 3. The van der Waals surface area contributed by atoms with E-state index in [2.05, 4.69) is 6.92 Å². The molecule has 8 nitrogen and oxygen atoms in total. The van der Waals surface area contributed by atoms with Crippen molar-refractivity contribution in [3.63, 3.8) is 0 Å². The molecule has 180 valence electrons. The largest absolute Gasteiger partial charge is 0.493 e. The first-order valence-electron chi connectivity index (χ1n) is 11.7. The predicted molar refractivity (Wildman–Crippen MR) is 129 cm³/mol. The van der Waals surface area contributed by atoms with E-state index in [4.69, 9.17) is 19.2 Å². The molecule has 0 bridgehead atoms. The van der Waals surface area contributed by atoms with Gasteiger partial charge in [-0.25, -0.2) is 4.98 Å². The van der Waals surface area contributed by atoms with Crippen LogP contribution in [0, 0.1) is 5.92 Å². The van der Waals surface area contributed by atoms with Gasteiger partial charge < -0.3 is 18.8 Å². The van der Waals surface area contributed by atoms with Gasteiger partial charge in [0, 0.05) is 12.1 Å². The number of rotatable bonds is 9. The number of fused-ring (bicyclic) bond motifs is 3. The quantitative estimate of drug-likeness (QED) is 0.265. The summed E-state index contributed by atoms with van der Waals surface area (Å²) in [4.78, 5) is 33.7. The predicted octanol–water partition coefficient (Wildman–Crippen LogP) is 4.36. The molecule has 2 unspecified atom stereocenters. The van der Waals surface area contributed by atoms with Crippen LogP contribution in [0.4, 0.5) is 5.95 Å². The summed E-state index contributed by atoms with van der Waals surface area (Å²) in [6.45, 7) is 4.51. The van der Waals surface area contributed by atoms with Crippen LogP contribution in [-0.4, -0.2) is 48.8 Å². The van der Waals surface area contributed by atoms with Crippen LogP contribution in [0.25, 0.3) is 11.0 Å². The molecule has 0 spiro atoms. The molecule has 8 heteroatoms. The number of amides is 1. The minimum absolute atomic E-state index is 0.179. The number of esters is 1. The van der Waals surface area contributed by atoms with Gasteiger partial charge in [0.15, 0.2) is 17.4 Å². The second-order valence-corrected chi connectivity index (χ2v) is 8.22. The third kappa shape index (κ3) is 3.97. The molecule has 4 rings (SSSR count). The van der Waals surface area contributed by atoms with Gasteiger partial charge in [0.25, 0.3) is 0 Å². The zero-order valence-corrected chi connectivity index (χ0v) is 20.1. The average Bonchev–Trinajstić information content (AvgIpc) is 3.23. The summed E-state index contributed by atoms with van der Waals surface area (Å²) in [5.74, 6) is -0.449. The van der Waals surface area contributed by atoms with Crippen molar-refractivity contribution >= 4 is 28.9 Å². The van der Waals surface area contributed by atoms with Gasteiger partial charge in [0.05, 0.1) is 37.9 Å². The number of anilines is 1. The highest BCUT2D eigenvalue weighted by atomic mass is 16.5. The zero-order valence-electron chi connectivity index (χ0n) is 20.1. The Kier molecular flexibility index (Phi) is 7.05. The molecule has 0 aliphatic carbocycles. The van der Waals surface area contributed by atoms with E-state index in [-0.39, 0.29) is 12.5 Å². The Hall–Kier alpha value is -3.55. The fourth-order valence-corrected chi connectivity index (χ4v) is 4.70. The topological polar surface area (TPSA) is 82.9 Å². The molecule has 0 saturated heterocycles. The highest BCUT2D eigenvalue weighted by Crippen LogP contribution is 2.46. The number of benzene rings is 2. The number of imidazole rings is 1. The van der Waals surface area contributed by atoms with Crippen LogP contribution in [0.5, 0.6) is 11.5 Å². The summed E-state index contributed by atoms with van der Waals surface area (Å²) < 4.78 is 18.6. The summed E-state index contributed by atoms with van der Waals surface area (Å²) in [5.41, 5.74) is 2.24. The molecule has 2 atom stereocenters. The maximum atomic E-state index is 13.9. The van der Waals surface area contributed by atoms with Crippen LogP contribution >= 0.6 is 0 Å². The Morgan fingerprint density at radius 1 is 1.03 bits per heavy atom. The fraction of sp³-hybridized carbons (Fsp3) is 0.423. The van der Waals surface area contributed by atoms with E-state index in [1.165, 1.54) is 0 Å². The molecule has 1 aromatic heterocycles. The number of unbranched alkanes of at least 4 members (excludes halogenated alkanes) is 2. The van der Waals surface area contributed by atoms with Crippen LogP contribution in [0.3, 0.4) is 0 Å². The lowest BCUT2D eigenvalue weighted by Gasteiger charge is -2.38. The summed E-state index contributed by atoms with van der Waals surface area (Å²) >= 11 is 0. The van der Waals surface area contributed by atoms with Crippen molar-refractivity contribution in [3.8, 4) is 11.5 Å². The molecule has 1 amide bonds. The van der Waals surface area contributed by atoms with Crippen LogP contribution in [-0.2, 0) is 14.3 Å². The maximum Gasteiger partial charge on any atom is 0.321 e. The number of methoxy groups -OCH3 is 2. The Bertz CT molecular complexity index is 1190. The molecule has 0 fully saturated rings. The van der Waals surface area contributed by atoms with Gasteiger partial charge in [0.2, 0.25) is 11.9 Å². The van der Waals surface area contributed by atoms with E-state index in [9.17, 15) is 9.59 Å². The molecule has 2 heterocycles. The van der Waals surface area contributed by atoms with Crippen molar-refractivity contribution in [2.75, 3.05) is 32.3 Å². The maximum absolute atomic E-state index is 13.9. The third-order valence-electron chi connectivity index (χ3n) is 6.22. The minimum atomic E-state index is -1.09. The van der Waals surface area contributed by atoms with Crippen LogP contribution in [0.15, 0.2) is 42.5 Å². The second kappa shape index (κ2) is 10.2. The average molecular weight is 466 g/mol. The number of carbonyl (C=O) groups is 2. The number of hydrogen-bond donors (Lipinski definition) is 0. The van der Waals surface area contributed by atoms with Gasteiger partial charge in [0.1, 0.15) is 0 Å². The SMILES string of the molecule is CCCCCN1C(=O)C(C(=O)OCC)C(c2cccc(OC)c2OC)n2c1nc1ccccc12. The molecule has 0 radical (unpaired) electrons. The Balaban J connectivity index is 2.00. The van der Waals surface area contributed by atoms with Crippen molar-refractivity contribution in [2.45, 2.75) is 39.2 Å². The number of ether oxygens (including phenoxy) is 3. The van der Waals surface area contributed by atoms with Gasteiger partial charge in [-0.1, -0.05) is 44.0 Å². The Labute approximate surface area is 199 Å². The van der Waals surface area contributed by atoms with E-state index in [0.717, 1.165) is 30.3 Å². The van der Waals surface area contributed by atoms with Crippen LogP contribution in [0.1, 0.15) is 44.7 Å². The van der Waals surface area contributed by atoms with Crippen molar-refractivity contribution in [1.29, 1.82) is 0 Å². The number of carbonyl (C=O) groups excluding carboxylic acids is 2. The monoisotopic (exact) mass is 465 g/mol. The lowest BCUT2D eigenvalue weighted by Crippen LogP contribution is -2.50. The minimum Gasteiger partial charge on any atom is -0.493 e. The Morgan fingerprint density at radius 2 is 1.82 bits per heavy atom. The van der Waals surface area contributed by atoms with Gasteiger partial charge in [-0.3, -0.25) is 14.5 Å². The molecule has 34 heavy (non-hydrogen) atoms. The van der Waals surface area contributed by atoms with E-state index in [0.29, 0.717) is 29.6 Å². The number of nitrogens with zero attached hydrogens (tertiary/aromatic N) is 3. The van der Waals surface area contributed by atoms with E-state index in [1.54, 1.807) is 32.1 Å². The zero-order chi connectivity index (χ0) is 24.2. The van der Waals surface area contributed by atoms with Crippen molar-refractivity contribution in [2.24, 2.45) is 5.92 Å². The summed E-state index contributed by atoms with van der Waals surface area (Å²) in [6.07, 6.45) is 2.80. The van der Waals surface area contributed by atoms with E-state index >= 15 is 0 Å². The highest BCUT2D eigenvalue weighted by Gasteiger charge is 2.48. The molecule has 1 aliphatic heterocycles. The second-order valence-electron chi connectivity index (χ2n) is 8.22. The normalized spacial score (nSPS) is 17.5. The smallest absolute Gasteiger partial charge is 0.321 e. The third-order valence-corrected chi connectivity index (χ3v) is 6.22. The Morgan fingerprint density at radius 3 is 2.53 bits per heavy atom. The van der Waals surface area contributed by atoms with Crippen LogP contribution < -0.4 is 14.4 Å². The van der Waals surface area contributed by atoms with E-state index < -0.39 is 17.9 Å². The number of hydrogen-bond acceptors (Lipinski definition) is 6. The van der Waals surface area contributed by atoms with E-state index in [1.807, 2.05) is 41.0 Å². The van der Waals surface area contributed by atoms with Crippen molar-refractivity contribution in [1.82, 2.24) is 9.55 Å². The standard InChI is InChI=1S/C26H31N3O5/c1-5-7-10-16-28-24(30)21(25(31)34-6-2)22(17-12-11-15-20(32-3)23(17)33-4)29-19-14-9-8-13-18(19)27-26(28)29/h8-9,11-15,21-22H,5-7,10,16H2,1-4H3. The first-order chi connectivity index (χ1) is 16.6. The molecule has 1 aliphatic rings.